The number of hydrogen-bond donors (Lipinski definition) is 0. The molecular formula is C11H23N. The molecule has 1 nitrogen and oxygen atoms in total. The van der Waals surface area contributed by atoms with Crippen molar-refractivity contribution >= 4 is 0 Å². The van der Waals surface area contributed by atoms with Gasteiger partial charge in [0.1, 0.15) is 0 Å². The van der Waals surface area contributed by atoms with Gasteiger partial charge in [0.15, 0.2) is 0 Å². The Morgan fingerprint density at radius 2 is 1.75 bits per heavy atom. The first-order valence-electron chi connectivity index (χ1n) is 5.22. The average molecular weight is 169 g/mol. The van der Waals surface area contributed by atoms with Crippen LogP contribution in [0, 0.1) is 5.41 Å². The summed E-state index contributed by atoms with van der Waals surface area (Å²) in [5, 5.41) is 0. The van der Waals surface area contributed by atoms with E-state index in [9.17, 15) is 0 Å². The Morgan fingerprint density at radius 1 is 1.08 bits per heavy atom. The smallest absolute Gasteiger partial charge is 0.0141 e. The topological polar surface area (TPSA) is 3.24 Å². The molecule has 1 fully saturated rings. The molecule has 72 valence electrons. The standard InChI is InChI=1S/C11H23N/c1-11(2,3)10-8-6-5-7-9-12(10)4/h10H,5-9H2,1-4H3. The summed E-state index contributed by atoms with van der Waals surface area (Å²) in [4.78, 5) is 2.55. The third kappa shape index (κ3) is 2.48. The molecule has 1 aliphatic heterocycles. The summed E-state index contributed by atoms with van der Waals surface area (Å²) in [6.45, 7) is 8.38. The SMILES string of the molecule is CN1CCCCCC1C(C)(C)C. The fourth-order valence-corrected chi connectivity index (χ4v) is 2.35. The maximum absolute atomic E-state index is 2.55. The van der Waals surface area contributed by atoms with Gasteiger partial charge in [-0.05, 0) is 31.8 Å². The van der Waals surface area contributed by atoms with E-state index in [1.165, 1.54) is 32.2 Å². The molecule has 1 saturated heterocycles. The molecule has 1 atom stereocenters. The molecule has 12 heavy (non-hydrogen) atoms. The van der Waals surface area contributed by atoms with Crippen LogP contribution in [0.2, 0.25) is 0 Å². The molecular weight excluding hydrogens is 146 g/mol. The van der Waals surface area contributed by atoms with Gasteiger partial charge < -0.3 is 4.90 Å². The molecule has 0 saturated carbocycles. The number of nitrogens with zero attached hydrogens (tertiary/aromatic N) is 1. The molecule has 0 aromatic heterocycles. The fourth-order valence-electron chi connectivity index (χ4n) is 2.35. The van der Waals surface area contributed by atoms with Crippen molar-refractivity contribution in [3.8, 4) is 0 Å². The zero-order chi connectivity index (χ0) is 9.19. The van der Waals surface area contributed by atoms with Gasteiger partial charge in [-0.1, -0.05) is 33.6 Å². The van der Waals surface area contributed by atoms with E-state index in [2.05, 4.69) is 32.7 Å². The van der Waals surface area contributed by atoms with Crippen LogP contribution in [0.4, 0.5) is 0 Å². The zero-order valence-corrected chi connectivity index (χ0v) is 9.06. The van der Waals surface area contributed by atoms with E-state index < -0.39 is 0 Å². The highest BCUT2D eigenvalue weighted by Gasteiger charge is 2.28. The summed E-state index contributed by atoms with van der Waals surface area (Å²) in [5.41, 5.74) is 0.457. The quantitative estimate of drug-likeness (QED) is 0.539. The molecule has 0 aromatic rings. The Labute approximate surface area is 77.1 Å². The highest BCUT2D eigenvalue weighted by molar-refractivity contribution is 4.83. The van der Waals surface area contributed by atoms with Gasteiger partial charge in [-0.15, -0.1) is 0 Å². The third-order valence-electron chi connectivity index (χ3n) is 3.02. The van der Waals surface area contributed by atoms with Crippen molar-refractivity contribution in [2.24, 2.45) is 5.41 Å². The van der Waals surface area contributed by atoms with Crippen molar-refractivity contribution in [1.29, 1.82) is 0 Å². The van der Waals surface area contributed by atoms with Crippen molar-refractivity contribution in [3.05, 3.63) is 0 Å². The Morgan fingerprint density at radius 3 is 2.33 bits per heavy atom. The highest BCUT2D eigenvalue weighted by atomic mass is 15.1. The van der Waals surface area contributed by atoms with Crippen LogP contribution in [-0.4, -0.2) is 24.5 Å². The first-order valence-corrected chi connectivity index (χ1v) is 5.22. The zero-order valence-electron chi connectivity index (χ0n) is 9.06. The first kappa shape index (κ1) is 10.0. The van der Waals surface area contributed by atoms with E-state index in [4.69, 9.17) is 0 Å². The van der Waals surface area contributed by atoms with Crippen molar-refractivity contribution in [2.45, 2.75) is 52.5 Å². The molecule has 1 unspecified atom stereocenters. The molecule has 0 aromatic carbocycles. The molecule has 1 heteroatoms. The van der Waals surface area contributed by atoms with E-state index in [-0.39, 0.29) is 0 Å². The summed E-state index contributed by atoms with van der Waals surface area (Å²) < 4.78 is 0. The lowest BCUT2D eigenvalue weighted by atomic mass is 9.83. The summed E-state index contributed by atoms with van der Waals surface area (Å²) in [5.74, 6) is 0. The van der Waals surface area contributed by atoms with Crippen molar-refractivity contribution in [1.82, 2.24) is 4.90 Å². The summed E-state index contributed by atoms with van der Waals surface area (Å²) >= 11 is 0. The minimum absolute atomic E-state index is 0.457. The second kappa shape index (κ2) is 3.78. The Bertz CT molecular complexity index is 134. The third-order valence-corrected chi connectivity index (χ3v) is 3.02. The van der Waals surface area contributed by atoms with Gasteiger partial charge in [0.05, 0.1) is 0 Å². The van der Waals surface area contributed by atoms with Gasteiger partial charge >= 0.3 is 0 Å². The summed E-state index contributed by atoms with van der Waals surface area (Å²) in [7, 11) is 2.28. The van der Waals surface area contributed by atoms with E-state index >= 15 is 0 Å². The molecule has 1 aliphatic rings. The molecule has 0 N–H and O–H groups in total. The molecule has 1 heterocycles. The summed E-state index contributed by atoms with van der Waals surface area (Å²) in [6, 6.07) is 0.792. The Kier molecular flexibility index (Phi) is 3.16. The summed E-state index contributed by atoms with van der Waals surface area (Å²) in [6.07, 6.45) is 5.63. The lowest BCUT2D eigenvalue weighted by Gasteiger charge is -2.36. The maximum atomic E-state index is 2.55. The van der Waals surface area contributed by atoms with Gasteiger partial charge in [-0.25, -0.2) is 0 Å². The number of hydrogen-bond acceptors (Lipinski definition) is 1. The van der Waals surface area contributed by atoms with Crippen LogP contribution in [-0.2, 0) is 0 Å². The van der Waals surface area contributed by atoms with Gasteiger partial charge in [0.2, 0.25) is 0 Å². The molecule has 0 amide bonds. The Hall–Kier alpha value is -0.0400. The van der Waals surface area contributed by atoms with Crippen LogP contribution in [0.3, 0.4) is 0 Å². The predicted molar refractivity (Wildman–Crippen MR) is 54.3 cm³/mol. The average Bonchev–Trinajstić information content (AvgIpc) is 2.11. The van der Waals surface area contributed by atoms with Gasteiger partial charge in [0.25, 0.3) is 0 Å². The fraction of sp³-hybridized carbons (Fsp3) is 1.00. The minimum atomic E-state index is 0.457. The highest BCUT2D eigenvalue weighted by Crippen LogP contribution is 2.29. The van der Waals surface area contributed by atoms with Crippen molar-refractivity contribution < 1.29 is 0 Å². The number of likely N-dealkylation sites (tertiary alicyclic amines) is 1. The van der Waals surface area contributed by atoms with Crippen LogP contribution in [0.15, 0.2) is 0 Å². The largest absolute Gasteiger partial charge is 0.303 e. The van der Waals surface area contributed by atoms with Crippen molar-refractivity contribution in [3.63, 3.8) is 0 Å². The van der Waals surface area contributed by atoms with Gasteiger partial charge in [0, 0.05) is 6.04 Å². The Balaban J connectivity index is 2.59. The second-order valence-electron chi connectivity index (χ2n) is 5.21. The lowest BCUT2D eigenvalue weighted by molar-refractivity contribution is 0.127. The van der Waals surface area contributed by atoms with Crippen LogP contribution in [0.5, 0.6) is 0 Å². The van der Waals surface area contributed by atoms with E-state index in [1.54, 1.807) is 0 Å². The van der Waals surface area contributed by atoms with E-state index in [0.717, 1.165) is 6.04 Å². The first-order chi connectivity index (χ1) is 5.52. The van der Waals surface area contributed by atoms with E-state index in [0.29, 0.717) is 5.41 Å². The lowest BCUT2D eigenvalue weighted by Crippen LogP contribution is -2.40. The molecule has 0 radical (unpaired) electrons. The second-order valence-corrected chi connectivity index (χ2v) is 5.21. The van der Waals surface area contributed by atoms with Gasteiger partial charge in [-0.2, -0.15) is 0 Å². The van der Waals surface area contributed by atoms with Crippen molar-refractivity contribution in [2.75, 3.05) is 13.6 Å². The molecule has 1 rings (SSSR count). The van der Waals surface area contributed by atoms with E-state index in [1.807, 2.05) is 0 Å². The van der Waals surface area contributed by atoms with Crippen LogP contribution < -0.4 is 0 Å². The minimum Gasteiger partial charge on any atom is -0.303 e. The maximum Gasteiger partial charge on any atom is 0.0141 e. The predicted octanol–water partition coefficient (Wildman–Crippen LogP) is 2.91. The monoisotopic (exact) mass is 169 g/mol. The van der Waals surface area contributed by atoms with Crippen LogP contribution >= 0.6 is 0 Å². The normalized spacial score (nSPS) is 28.5. The van der Waals surface area contributed by atoms with Gasteiger partial charge in [-0.3, -0.25) is 0 Å². The number of rotatable bonds is 0. The van der Waals surface area contributed by atoms with Crippen LogP contribution in [0.25, 0.3) is 0 Å². The van der Waals surface area contributed by atoms with Crippen LogP contribution in [0.1, 0.15) is 46.5 Å². The molecule has 0 bridgehead atoms. The molecule has 0 aliphatic carbocycles. The molecule has 0 spiro atoms.